The molecule has 1 heterocycles. The summed E-state index contributed by atoms with van der Waals surface area (Å²) in [5, 5.41) is 3.33. The predicted octanol–water partition coefficient (Wildman–Crippen LogP) is 3.56. The van der Waals surface area contributed by atoms with Crippen molar-refractivity contribution in [3.05, 3.63) is 65.2 Å². The highest BCUT2D eigenvalue weighted by molar-refractivity contribution is 5.44. The molecule has 0 spiro atoms. The van der Waals surface area contributed by atoms with E-state index in [0.717, 1.165) is 38.2 Å². The van der Waals surface area contributed by atoms with Gasteiger partial charge in [-0.05, 0) is 43.0 Å². The number of para-hydroxylation sites is 1. The molecule has 21 heavy (non-hydrogen) atoms. The van der Waals surface area contributed by atoms with Crippen molar-refractivity contribution in [3.8, 4) is 5.75 Å². The molecule has 0 aliphatic carbocycles. The Morgan fingerprint density at radius 3 is 2.76 bits per heavy atom. The van der Waals surface area contributed by atoms with Gasteiger partial charge in [0.15, 0.2) is 0 Å². The van der Waals surface area contributed by atoms with Gasteiger partial charge in [-0.25, -0.2) is 0 Å². The molecular formula is C19H23NO. The molecule has 2 aromatic carbocycles. The number of aryl methyl sites for hydroxylation is 1. The molecule has 1 unspecified atom stereocenters. The van der Waals surface area contributed by atoms with Gasteiger partial charge in [0.1, 0.15) is 5.75 Å². The average Bonchev–Trinajstić information content (AvgIpc) is 2.55. The number of hydrogen-bond acceptors (Lipinski definition) is 2. The van der Waals surface area contributed by atoms with Crippen LogP contribution in [0.3, 0.4) is 0 Å². The molecule has 0 aromatic heterocycles. The molecular weight excluding hydrogens is 258 g/mol. The van der Waals surface area contributed by atoms with Crippen molar-refractivity contribution in [1.82, 2.24) is 5.32 Å². The van der Waals surface area contributed by atoms with Crippen molar-refractivity contribution < 1.29 is 4.74 Å². The zero-order chi connectivity index (χ0) is 14.5. The first-order chi connectivity index (χ1) is 10.4. The molecule has 0 amide bonds. The lowest BCUT2D eigenvalue weighted by Crippen LogP contribution is -2.20. The first-order valence-corrected chi connectivity index (χ1v) is 7.81. The number of benzene rings is 2. The summed E-state index contributed by atoms with van der Waals surface area (Å²) in [6, 6.07) is 17.3. The fourth-order valence-electron chi connectivity index (χ4n) is 3.16. The topological polar surface area (TPSA) is 21.3 Å². The number of rotatable bonds is 5. The Labute approximate surface area is 127 Å². The normalized spacial score (nSPS) is 15.1. The van der Waals surface area contributed by atoms with Crippen molar-refractivity contribution in [2.75, 3.05) is 20.2 Å². The summed E-state index contributed by atoms with van der Waals surface area (Å²) in [5.74, 6) is 1.62. The van der Waals surface area contributed by atoms with E-state index in [1.54, 1.807) is 0 Å². The molecule has 1 aliphatic heterocycles. The van der Waals surface area contributed by atoms with Crippen LogP contribution in [0.2, 0.25) is 0 Å². The molecule has 1 aliphatic rings. The van der Waals surface area contributed by atoms with Crippen LogP contribution in [0.25, 0.3) is 0 Å². The van der Waals surface area contributed by atoms with Gasteiger partial charge in [0.05, 0.1) is 6.61 Å². The highest BCUT2D eigenvalue weighted by Crippen LogP contribution is 2.32. The lowest BCUT2D eigenvalue weighted by atomic mass is 9.90. The summed E-state index contributed by atoms with van der Waals surface area (Å²) in [4.78, 5) is 0. The molecule has 0 bridgehead atoms. The van der Waals surface area contributed by atoms with Gasteiger partial charge in [-0.1, -0.05) is 48.5 Å². The maximum Gasteiger partial charge on any atom is 0.125 e. The van der Waals surface area contributed by atoms with E-state index in [1.807, 2.05) is 7.05 Å². The number of likely N-dealkylation sites (N-methyl/N-ethyl adjacent to an activating group) is 1. The Kier molecular flexibility index (Phi) is 4.56. The number of fused-ring (bicyclic) bond motifs is 1. The Morgan fingerprint density at radius 1 is 1.10 bits per heavy atom. The van der Waals surface area contributed by atoms with Gasteiger partial charge in [-0.2, -0.15) is 0 Å². The molecule has 2 aromatic rings. The highest BCUT2D eigenvalue weighted by atomic mass is 16.5. The molecule has 1 atom stereocenters. The molecule has 0 radical (unpaired) electrons. The Bertz CT molecular complexity index is 579. The summed E-state index contributed by atoms with van der Waals surface area (Å²) in [7, 11) is 2.02. The second-order valence-electron chi connectivity index (χ2n) is 5.73. The SMILES string of the molecule is CNCC(Cc1cccc2c1OCCC2)c1ccccc1. The molecule has 2 heteroatoms. The van der Waals surface area contributed by atoms with Crippen molar-refractivity contribution in [3.63, 3.8) is 0 Å². The van der Waals surface area contributed by atoms with Crippen LogP contribution in [0.15, 0.2) is 48.5 Å². The third-order valence-corrected chi connectivity index (χ3v) is 4.20. The van der Waals surface area contributed by atoms with Crippen molar-refractivity contribution in [2.24, 2.45) is 0 Å². The van der Waals surface area contributed by atoms with Crippen molar-refractivity contribution >= 4 is 0 Å². The van der Waals surface area contributed by atoms with Crippen LogP contribution in [0, 0.1) is 0 Å². The fraction of sp³-hybridized carbons (Fsp3) is 0.368. The minimum atomic E-state index is 0.480. The summed E-state index contributed by atoms with van der Waals surface area (Å²) in [6.07, 6.45) is 3.30. The summed E-state index contributed by atoms with van der Waals surface area (Å²) in [5.41, 5.74) is 4.10. The maximum atomic E-state index is 5.95. The van der Waals surface area contributed by atoms with Gasteiger partial charge in [-0.3, -0.25) is 0 Å². The van der Waals surface area contributed by atoms with Gasteiger partial charge in [0, 0.05) is 12.5 Å². The van der Waals surface area contributed by atoms with E-state index in [-0.39, 0.29) is 0 Å². The van der Waals surface area contributed by atoms with Crippen LogP contribution in [-0.4, -0.2) is 20.2 Å². The Morgan fingerprint density at radius 2 is 1.95 bits per heavy atom. The van der Waals surface area contributed by atoms with Crippen molar-refractivity contribution in [2.45, 2.75) is 25.2 Å². The second kappa shape index (κ2) is 6.77. The van der Waals surface area contributed by atoms with E-state index < -0.39 is 0 Å². The predicted molar refractivity (Wildman–Crippen MR) is 87.1 cm³/mol. The van der Waals surface area contributed by atoms with Crippen LogP contribution in [0.1, 0.15) is 29.0 Å². The summed E-state index contributed by atoms with van der Waals surface area (Å²) < 4.78 is 5.95. The molecule has 110 valence electrons. The second-order valence-corrected chi connectivity index (χ2v) is 5.73. The zero-order valence-corrected chi connectivity index (χ0v) is 12.6. The number of hydrogen-bond donors (Lipinski definition) is 1. The van der Waals surface area contributed by atoms with E-state index in [1.165, 1.54) is 16.7 Å². The Balaban J connectivity index is 1.86. The van der Waals surface area contributed by atoms with Crippen LogP contribution < -0.4 is 10.1 Å². The van der Waals surface area contributed by atoms with Gasteiger partial charge < -0.3 is 10.1 Å². The van der Waals surface area contributed by atoms with Crippen LogP contribution in [0.4, 0.5) is 0 Å². The maximum absolute atomic E-state index is 5.95. The van der Waals surface area contributed by atoms with Gasteiger partial charge in [0.2, 0.25) is 0 Å². The lowest BCUT2D eigenvalue weighted by molar-refractivity contribution is 0.284. The van der Waals surface area contributed by atoms with Crippen LogP contribution in [-0.2, 0) is 12.8 Å². The van der Waals surface area contributed by atoms with E-state index in [0.29, 0.717) is 5.92 Å². The highest BCUT2D eigenvalue weighted by Gasteiger charge is 2.18. The number of nitrogens with one attached hydrogen (secondary N) is 1. The quantitative estimate of drug-likeness (QED) is 0.905. The Hall–Kier alpha value is -1.80. The standard InChI is InChI=1S/C19H23NO/c1-20-14-18(15-7-3-2-4-8-15)13-17-10-5-9-16-11-6-12-21-19(16)17/h2-5,7-10,18,20H,6,11-14H2,1H3. The van der Waals surface area contributed by atoms with E-state index in [9.17, 15) is 0 Å². The first kappa shape index (κ1) is 14.2. The van der Waals surface area contributed by atoms with Gasteiger partial charge in [-0.15, -0.1) is 0 Å². The third-order valence-electron chi connectivity index (χ3n) is 4.20. The van der Waals surface area contributed by atoms with E-state index in [4.69, 9.17) is 4.74 Å². The van der Waals surface area contributed by atoms with E-state index >= 15 is 0 Å². The van der Waals surface area contributed by atoms with E-state index in [2.05, 4.69) is 53.8 Å². The zero-order valence-electron chi connectivity index (χ0n) is 12.6. The summed E-state index contributed by atoms with van der Waals surface area (Å²) >= 11 is 0. The molecule has 2 nitrogen and oxygen atoms in total. The molecule has 0 fully saturated rings. The first-order valence-electron chi connectivity index (χ1n) is 7.81. The molecule has 0 saturated heterocycles. The molecule has 1 N–H and O–H groups in total. The third kappa shape index (κ3) is 3.27. The fourth-order valence-corrected chi connectivity index (χ4v) is 3.16. The molecule has 0 saturated carbocycles. The van der Waals surface area contributed by atoms with Crippen molar-refractivity contribution in [1.29, 1.82) is 0 Å². The molecule has 3 rings (SSSR count). The minimum Gasteiger partial charge on any atom is -0.493 e. The lowest BCUT2D eigenvalue weighted by Gasteiger charge is -2.23. The largest absolute Gasteiger partial charge is 0.493 e. The minimum absolute atomic E-state index is 0.480. The van der Waals surface area contributed by atoms with Crippen LogP contribution in [0.5, 0.6) is 5.75 Å². The van der Waals surface area contributed by atoms with Crippen LogP contribution >= 0.6 is 0 Å². The monoisotopic (exact) mass is 281 g/mol. The smallest absolute Gasteiger partial charge is 0.125 e. The summed E-state index contributed by atoms with van der Waals surface area (Å²) in [6.45, 7) is 1.83. The van der Waals surface area contributed by atoms with Gasteiger partial charge in [0.25, 0.3) is 0 Å². The average molecular weight is 281 g/mol. The number of ether oxygens (including phenoxy) is 1. The van der Waals surface area contributed by atoms with Gasteiger partial charge >= 0.3 is 0 Å².